The number of rotatable bonds is 2. The van der Waals surface area contributed by atoms with Crippen molar-refractivity contribution < 1.29 is 0 Å². The van der Waals surface area contributed by atoms with Gasteiger partial charge < -0.3 is 17.2 Å². The number of hydrogen-bond acceptors (Lipinski definition) is 2. The van der Waals surface area contributed by atoms with E-state index in [1.165, 1.54) is 0 Å². The summed E-state index contributed by atoms with van der Waals surface area (Å²) in [5, 5.41) is 9.08. The number of nitrogens with two attached hydrogens (primary N) is 3. The van der Waals surface area contributed by atoms with Crippen LogP contribution in [0.15, 0.2) is 34.3 Å². The summed E-state index contributed by atoms with van der Waals surface area (Å²) in [5.74, 6) is -0.126. The van der Waals surface area contributed by atoms with Crippen molar-refractivity contribution in [1.82, 2.24) is 0 Å². The molecule has 1 fully saturated rings. The lowest BCUT2D eigenvalue weighted by Gasteiger charge is -2.05. The van der Waals surface area contributed by atoms with E-state index in [1.807, 2.05) is 12.1 Å². The zero-order chi connectivity index (χ0) is 13.2. The first kappa shape index (κ1) is 11.9. The third kappa shape index (κ3) is 2.40. The highest BCUT2D eigenvalue weighted by Crippen LogP contribution is 2.47. The van der Waals surface area contributed by atoms with E-state index in [2.05, 4.69) is 16.1 Å². The van der Waals surface area contributed by atoms with Gasteiger partial charge in [-0.15, -0.1) is 0 Å². The second kappa shape index (κ2) is 4.37. The van der Waals surface area contributed by atoms with Crippen LogP contribution in [0.5, 0.6) is 0 Å². The van der Waals surface area contributed by atoms with Gasteiger partial charge >= 0.3 is 0 Å². The first-order chi connectivity index (χ1) is 8.55. The molecule has 0 amide bonds. The van der Waals surface area contributed by atoms with E-state index in [0.29, 0.717) is 5.69 Å². The summed E-state index contributed by atoms with van der Waals surface area (Å²) in [6.07, 6.45) is 1.84. The lowest BCUT2D eigenvalue weighted by Crippen LogP contribution is -2.26. The average Bonchev–Trinajstić information content (AvgIpc) is 3.09. The third-order valence-electron chi connectivity index (χ3n) is 2.87. The van der Waals surface area contributed by atoms with Gasteiger partial charge in [-0.3, -0.25) is 0 Å². The van der Waals surface area contributed by atoms with Crippen LogP contribution in [0.2, 0.25) is 0 Å². The van der Waals surface area contributed by atoms with E-state index < -0.39 is 0 Å². The van der Waals surface area contributed by atoms with Crippen molar-refractivity contribution in [3.8, 4) is 6.07 Å². The molecule has 18 heavy (non-hydrogen) atoms. The molecule has 1 aromatic carbocycles. The van der Waals surface area contributed by atoms with Gasteiger partial charge in [0.1, 0.15) is 0 Å². The molecule has 1 saturated carbocycles. The Morgan fingerprint density at radius 3 is 2.22 bits per heavy atom. The zero-order valence-electron chi connectivity index (χ0n) is 9.80. The lowest BCUT2D eigenvalue weighted by atomic mass is 9.98. The minimum atomic E-state index is -0.284. The second-order valence-electron chi connectivity index (χ2n) is 4.25. The Morgan fingerprint density at radius 2 is 1.78 bits per heavy atom. The molecule has 6 heteroatoms. The Hall–Kier alpha value is -2.55. The molecule has 1 aliphatic carbocycles. The van der Waals surface area contributed by atoms with E-state index >= 15 is 0 Å². The van der Waals surface area contributed by atoms with Crippen LogP contribution in [-0.2, 0) is 5.41 Å². The molecule has 0 aliphatic heterocycles. The number of benzene rings is 1. The number of aliphatic imine (C=N–C) groups is 2. The Bertz CT molecular complexity index is 541. The molecule has 0 atom stereocenters. The molecule has 0 bridgehead atoms. The van der Waals surface area contributed by atoms with Crippen LogP contribution in [0.25, 0.3) is 0 Å². The zero-order valence-corrected chi connectivity index (χ0v) is 9.80. The summed E-state index contributed by atoms with van der Waals surface area (Å²) in [5.41, 5.74) is 17.3. The highest BCUT2D eigenvalue weighted by molar-refractivity contribution is 5.93. The number of hydrogen-bond donors (Lipinski definition) is 3. The fourth-order valence-corrected chi connectivity index (χ4v) is 1.73. The molecular formula is C12H14N6. The molecule has 1 aromatic rings. The van der Waals surface area contributed by atoms with Gasteiger partial charge in [0.05, 0.1) is 17.2 Å². The van der Waals surface area contributed by atoms with Crippen molar-refractivity contribution in [2.24, 2.45) is 27.2 Å². The van der Waals surface area contributed by atoms with Gasteiger partial charge in [0.25, 0.3) is 0 Å². The Labute approximate surface area is 105 Å². The largest absolute Gasteiger partial charge is 0.370 e. The van der Waals surface area contributed by atoms with Crippen molar-refractivity contribution in [2.45, 2.75) is 18.3 Å². The molecule has 6 N–H and O–H groups in total. The maximum Gasteiger partial charge on any atom is 0.223 e. The van der Waals surface area contributed by atoms with Gasteiger partial charge in [-0.2, -0.15) is 10.3 Å². The molecule has 0 aromatic heterocycles. The van der Waals surface area contributed by atoms with Crippen molar-refractivity contribution in [1.29, 1.82) is 5.26 Å². The first-order valence-corrected chi connectivity index (χ1v) is 5.51. The molecular weight excluding hydrogens is 228 g/mol. The van der Waals surface area contributed by atoms with E-state index in [-0.39, 0.29) is 17.3 Å². The van der Waals surface area contributed by atoms with E-state index in [1.54, 1.807) is 12.1 Å². The minimum Gasteiger partial charge on any atom is -0.370 e. The lowest BCUT2D eigenvalue weighted by molar-refractivity contribution is 0.908. The SMILES string of the molecule is N#CC1(c2ccc(N=C(N)N=C(N)N)cc2)CC1. The fraction of sp³-hybridized carbons (Fsp3) is 0.250. The normalized spacial score (nSPS) is 16.7. The predicted molar refractivity (Wildman–Crippen MR) is 70.1 cm³/mol. The highest BCUT2D eigenvalue weighted by Gasteiger charge is 2.44. The number of nitriles is 1. The van der Waals surface area contributed by atoms with Crippen LogP contribution in [0.4, 0.5) is 5.69 Å². The number of guanidine groups is 2. The Morgan fingerprint density at radius 1 is 1.17 bits per heavy atom. The fourth-order valence-electron chi connectivity index (χ4n) is 1.73. The topological polar surface area (TPSA) is 127 Å². The minimum absolute atomic E-state index is 0.00386. The van der Waals surface area contributed by atoms with Crippen LogP contribution in [-0.4, -0.2) is 11.9 Å². The van der Waals surface area contributed by atoms with Gasteiger partial charge in [0, 0.05) is 0 Å². The standard InChI is InChI=1S/C12H14N6/c13-7-12(5-6-12)8-1-3-9(4-2-8)17-11(16)18-10(14)15/h1-4H,5-6H2,(H6,14,15,16,17,18). The molecule has 92 valence electrons. The van der Waals surface area contributed by atoms with Gasteiger partial charge in [-0.1, -0.05) is 12.1 Å². The molecule has 0 radical (unpaired) electrons. The number of nitrogens with zero attached hydrogens (tertiary/aromatic N) is 3. The third-order valence-corrected chi connectivity index (χ3v) is 2.87. The summed E-state index contributed by atoms with van der Waals surface area (Å²) < 4.78 is 0. The van der Waals surface area contributed by atoms with Crippen LogP contribution >= 0.6 is 0 Å². The quantitative estimate of drug-likeness (QED) is 0.514. The molecule has 1 aliphatic rings. The molecule has 6 nitrogen and oxygen atoms in total. The van der Waals surface area contributed by atoms with Crippen molar-refractivity contribution in [3.63, 3.8) is 0 Å². The average molecular weight is 242 g/mol. The molecule has 0 spiro atoms. The smallest absolute Gasteiger partial charge is 0.223 e. The maximum absolute atomic E-state index is 9.08. The van der Waals surface area contributed by atoms with E-state index in [4.69, 9.17) is 22.5 Å². The van der Waals surface area contributed by atoms with Crippen molar-refractivity contribution in [3.05, 3.63) is 29.8 Å². The van der Waals surface area contributed by atoms with Crippen LogP contribution < -0.4 is 17.2 Å². The Balaban J connectivity index is 2.19. The molecule has 0 unspecified atom stereocenters. The molecule has 0 saturated heterocycles. The summed E-state index contributed by atoms with van der Waals surface area (Å²) in [6.45, 7) is 0. The van der Waals surface area contributed by atoms with Crippen molar-refractivity contribution >= 4 is 17.6 Å². The molecule has 0 heterocycles. The highest BCUT2D eigenvalue weighted by atomic mass is 15.1. The summed E-state index contributed by atoms with van der Waals surface area (Å²) in [7, 11) is 0. The molecule has 2 rings (SSSR count). The van der Waals surface area contributed by atoms with Crippen LogP contribution in [0.1, 0.15) is 18.4 Å². The van der Waals surface area contributed by atoms with Gasteiger partial charge in [-0.25, -0.2) is 4.99 Å². The summed E-state index contributed by atoms with van der Waals surface area (Å²) in [6, 6.07) is 9.70. The van der Waals surface area contributed by atoms with Crippen LogP contribution in [0, 0.1) is 11.3 Å². The van der Waals surface area contributed by atoms with E-state index in [0.717, 1.165) is 18.4 Å². The maximum atomic E-state index is 9.08. The van der Waals surface area contributed by atoms with Crippen molar-refractivity contribution in [2.75, 3.05) is 0 Å². The van der Waals surface area contributed by atoms with Gasteiger partial charge in [0.2, 0.25) is 5.96 Å². The second-order valence-corrected chi connectivity index (χ2v) is 4.25. The first-order valence-electron chi connectivity index (χ1n) is 5.51. The van der Waals surface area contributed by atoms with Crippen LogP contribution in [0.3, 0.4) is 0 Å². The summed E-state index contributed by atoms with van der Waals surface area (Å²) >= 11 is 0. The van der Waals surface area contributed by atoms with E-state index in [9.17, 15) is 0 Å². The predicted octanol–water partition coefficient (Wildman–Crippen LogP) is 0.461. The monoisotopic (exact) mass is 242 g/mol. The summed E-state index contributed by atoms with van der Waals surface area (Å²) in [4.78, 5) is 7.65. The van der Waals surface area contributed by atoms with Gasteiger partial charge in [0.15, 0.2) is 5.96 Å². The Kier molecular flexibility index (Phi) is 2.90. The van der Waals surface area contributed by atoms with Gasteiger partial charge in [-0.05, 0) is 30.5 Å².